The molecule has 0 saturated heterocycles. The second kappa shape index (κ2) is 3.49. The molecule has 0 bridgehead atoms. The number of hydrogen-bond donors (Lipinski definition) is 1. The van der Waals surface area contributed by atoms with E-state index in [1.54, 1.807) is 0 Å². The van der Waals surface area contributed by atoms with Gasteiger partial charge in [0.1, 0.15) is 0 Å². The fourth-order valence-electron chi connectivity index (χ4n) is 1.86. The van der Waals surface area contributed by atoms with E-state index in [4.69, 9.17) is 5.73 Å². The van der Waals surface area contributed by atoms with Gasteiger partial charge < -0.3 is 5.73 Å². The first-order chi connectivity index (χ1) is 5.86. The van der Waals surface area contributed by atoms with E-state index in [-0.39, 0.29) is 0 Å². The molecule has 0 amide bonds. The predicted octanol–water partition coefficient (Wildman–Crippen LogP) is 1.21. The van der Waals surface area contributed by atoms with Crippen LogP contribution in [0.1, 0.15) is 25.0 Å². The number of nitrogens with zero attached hydrogens (tertiary/aromatic N) is 2. The van der Waals surface area contributed by atoms with Crippen LogP contribution in [0.4, 0.5) is 0 Å². The first kappa shape index (κ1) is 8.13. The van der Waals surface area contributed by atoms with Gasteiger partial charge in [-0.05, 0) is 36.7 Å². The standard InChI is InChI=1S/C8H13N3S/c9-8-3-1-2-6(8)4-7-5-12-11-10-7/h5-6,8H,1-4,9H2. The summed E-state index contributed by atoms with van der Waals surface area (Å²) in [6.07, 6.45) is 4.75. The largest absolute Gasteiger partial charge is 0.327 e. The lowest BCUT2D eigenvalue weighted by Crippen LogP contribution is -2.25. The lowest BCUT2D eigenvalue weighted by Gasteiger charge is -2.12. The van der Waals surface area contributed by atoms with Gasteiger partial charge in [-0.2, -0.15) is 0 Å². The van der Waals surface area contributed by atoms with Crippen LogP contribution in [-0.4, -0.2) is 15.6 Å². The Morgan fingerprint density at radius 3 is 3.08 bits per heavy atom. The topological polar surface area (TPSA) is 51.8 Å². The molecule has 1 aromatic heterocycles. The van der Waals surface area contributed by atoms with Crippen molar-refractivity contribution in [3.8, 4) is 0 Å². The first-order valence-corrected chi connectivity index (χ1v) is 5.21. The fourth-order valence-corrected chi connectivity index (χ4v) is 2.32. The van der Waals surface area contributed by atoms with Gasteiger partial charge in [-0.25, -0.2) is 0 Å². The van der Waals surface area contributed by atoms with Crippen LogP contribution in [0.25, 0.3) is 0 Å². The van der Waals surface area contributed by atoms with Gasteiger partial charge in [-0.3, -0.25) is 0 Å². The summed E-state index contributed by atoms with van der Waals surface area (Å²) in [7, 11) is 0. The highest BCUT2D eigenvalue weighted by atomic mass is 32.1. The Bertz CT molecular complexity index is 234. The van der Waals surface area contributed by atoms with Gasteiger partial charge in [0.2, 0.25) is 0 Å². The van der Waals surface area contributed by atoms with Crippen LogP contribution in [0.5, 0.6) is 0 Å². The van der Waals surface area contributed by atoms with Crippen LogP contribution in [0.15, 0.2) is 5.38 Å². The van der Waals surface area contributed by atoms with Crippen LogP contribution >= 0.6 is 11.5 Å². The molecule has 4 heteroatoms. The van der Waals surface area contributed by atoms with Gasteiger partial charge in [0.05, 0.1) is 5.69 Å². The molecule has 1 aromatic rings. The zero-order valence-electron chi connectivity index (χ0n) is 6.94. The number of nitrogens with two attached hydrogens (primary N) is 1. The van der Waals surface area contributed by atoms with Crippen LogP contribution in [0.3, 0.4) is 0 Å². The monoisotopic (exact) mass is 183 g/mol. The minimum Gasteiger partial charge on any atom is -0.327 e. The van der Waals surface area contributed by atoms with E-state index in [1.165, 1.54) is 30.8 Å². The Morgan fingerprint density at radius 2 is 2.50 bits per heavy atom. The van der Waals surface area contributed by atoms with E-state index in [2.05, 4.69) is 9.59 Å². The molecule has 1 heterocycles. The Hall–Kier alpha value is -0.480. The van der Waals surface area contributed by atoms with Gasteiger partial charge in [0.25, 0.3) is 0 Å². The van der Waals surface area contributed by atoms with E-state index < -0.39 is 0 Å². The Balaban J connectivity index is 1.95. The van der Waals surface area contributed by atoms with Crippen LogP contribution in [0, 0.1) is 5.92 Å². The summed E-state index contributed by atoms with van der Waals surface area (Å²) in [6.45, 7) is 0. The van der Waals surface area contributed by atoms with Gasteiger partial charge >= 0.3 is 0 Å². The molecule has 2 rings (SSSR count). The first-order valence-electron chi connectivity index (χ1n) is 4.38. The highest BCUT2D eigenvalue weighted by Gasteiger charge is 2.24. The van der Waals surface area contributed by atoms with Crippen molar-refractivity contribution in [1.82, 2.24) is 9.59 Å². The predicted molar refractivity (Wildman–Crippen MR) is 48.9 cm³/mol. The van der Waals surface area contributed by atoms with Crippen molar-refractivity contribution in [2.75, 3.05) is 0 Å². The number of aromatic nitrogens is 2. The lowest BCUT2D eigenvalue weighted by molar-refractivity contribution is 0.473. The van der Waals surface area contributed by atoms with E-state index in [9.17, 15) is 0 Å². The molecule has 1 saturated carbocycles. The molecule has 1 aliphatic rings. The van der Waals surface area contributed by atoms with E-state index in [0.29, 0.717) is 12.0 Å². The maximum atomic E-state index is 5.95. The summed E-state index contributed by atoms with van der Waals surface area (Å²) in [5, 5.41) is 6.05. The van der Waals surface area contributed by atoms with Crippen molar-refractivity contribution >= 4 is 11.5 Å². The van der Waals surface area contributed by atoms with Crippen molar-refractivity contribution < 1.29 is 0 Å². The van der Waals surface area contributed by atoms with Crippen molar-refractivity contribution in [2.45, 2.75) is 31.7 Å². The van der Waals surface area contributed by atoms with E-state index in [0.717, 1.165) is 12.1 Å². The summed E-state index contributed by atoms with van der Waals surface area (Å²) in [6, 6.07) is 0.395. The van der Waals surface area contributed by atoms with E-state index in [1.807, 2.05) is 5.38 Å². The molecular formula is C8H13N3S. The second-order valence-corrected chi connectivity index (χ2v) is 4.07. The molecule has 0 spiro atoms. The maximum absolute atomic E-state index is 5.95. The van der Waals surface area contributed by atoms with Crippen molar-refractivity contribution in [3.05, 3.63) is 11.1 Å². The lowest BCUT2D eigenvalue weighted by atomic mass is 9.99. The summed E-state index contributed by atoms with van der Waals surface area (Å²) < 4.78 is 3.84. The van der Waals surface area contributed by atoms with Crippen LogP contribution < -0.4 is 5.73 Å². The fraction of sp³-hybridized carbons (Fsp3) is 0.750. The maximum Gasteiger partial charge on any atom is 0.0758 e. The third kappa shape index (κ3) is 1.64. The third-order valence-electron chi connectivity index (χ3n) is 2.59. The Morgan fingerprint density at radius 1 is 1.58 bits per heavy atom. The normalized spacial score (nSPS) is 29.4. The van der Waals surface area contributed by atoms with Crippen molar-refractivity contribution in [1.29, 1.82) is 0 Å². The average molecular weight is 183 g/mol. The Labute approximate surface area is 76.1 Å². The molecule has 3 nitrogen and oxygen atoms in total. The zero-order chi connectivity index (χ0) is 8.39. The molecule has 2 atom stereocenters. The van der Waals surface area contributed by atoms with Crippen LogP contribution in [0.2, 0.25) is 0 Å². The zero-order valence-corrected chi connectivity index (χ0v) is 7.76. The molecule has 0 radical (unpaired) electrons. The van der Waals surface area contributed by atoms with E-state index >= 15 is 0 Å². The number of hydrogen-bond acceptors (Lipinski definition) is 4. The SMILES string of the molecule is NC1CCCC1Cc1csnn1. The van der Waals surface area contributed by atoms with Crippen molar-refractivity contribution in [2.24, 2.45) is 11.7 Å². The van der Waals surface area contributed by atoms with Gasteiger partial charge in [-0.15, -0.1) is 5.10 Å². The quantitative estimate of drug-likeness (QED) is 0.749. The molecular weight excluding hydrogens is 170 g/mol. The van der Waals surface area contributed by atoms with Gasteiger partial charge in [0.15, 0.2) is 0 Å². The minimum absolute atomic E-state index is 0.395. The highest BCUT2D eigenvalue weighted by Crippen LogP contribution is 2.26. The second-order valence-electron chi connectivity index (χ2n) is 3.46. The third-order valence-corrected chi connectivity index (χ3v) is 3.15. The molecule has 66 valence electrons. The Kier molecular flexibility index (Phi) is 2.37. The summed E-state index contributed by atoms with van der Waals surface area (Å²) in [5.74, 6) is 0.647. The average Bonchev–Trinajstić information content (AvgIpc) is 2.65. The molecule has 1 aliphatic carbocycles. The molecule has 2 N–H and O–H groups in total. The number of rotatable bonds is 2. The van der Waals surface area contributed by atoms with Crippen LogP contribution in [-0.2, 0) is 6.42 Å². The molecule has 12 heavy (non-hydrogen) atoms. The molecule has 2 unspecified atom stereocenters. The highest BCUT2D eigenvalue weighted by molar-refractivity contribution is 7.03. The van der Waals surface area contributed by atoms with Gasteiger partial charge in [0, 0.05) is 11.4 Å². The summed E-state index contributed by atoms with van der Waals surface area (Å²) >= 11 is 1.42. The molecule has 1 fully saturated rings. The van der Waals surface area contributed by atoms with Gasteiger partial charge in [-0.1, -0.05) is 10.9 Å². The smallest absolute Gasteiger partial charge is 0.0758 e. The summed E-state index contributed by atoms with van der Waals surface area (Å²) in [4.78, 5) is 0. The molecule has 0 aliphatic heterocycles. The van der Waals surface area contributed by atoms with Crippen molar-refractivity contribution in [3.63, 3.8) is 0 Å². The molecule has 0 aromatic carbocycles. The summed E-state index contributed by atoms with van der Waals surface area (Å²) in [5.41, 5.74) is 7.06. The minimum atomic E-state index is 0.395.